The molecule has 6 aromatic rings. The van der Waals surface area contributed by atoms with Gasteiger partial charge in [0, 0.05) is 46.9 Å². The Balaban J connectivity index is 0.995. The summed E-state index contributed by atoms with van der Waals surface area (Å²) < 4.78 is 2.34. The van der Waals surface area contributed by atoms with Crippen molar-refractivity contribution in [2.75, 3.05) is 6.54 Å². The van der Waals surface area contributed by atoms with E-state index in [2.05, 4.69) is 113 Å². The van der Waals surface area contributed by atoms with E-state index in [1.54, 1.807) is 0 Å². The van der Waals surface area contributed by atoms with E-state index in [0.29, 0.717) is 5.56 Å². The molecule has 0 radical (unpaired) electrons. The standard InChI is InChI=1S/C39H30N2O/c42-39(32-8-2-1-3-9-32)33-20-16-31(17-21-33)28-40-26-24-30(25-27-40)15-14-29-18-22-34(23-19-29)41-37-12-6-4-10-35(37)36-11-5-7-13-38(36)41/h1-26H,27-28H2/b15-14+. The lowest BCUT2D eigenvalue weighted by molar-refractivity contribution is 0.103. The van der Waals surface area contributed by atoms with Gasteiger partial charge in [-0.05, 0) is 47.0 Å². The number of carbonyl (C=O) groups excluding carboxylic acids is 1. The SMILES string of the molecule is O=C(c1ccccc1)c1ccc(CN2C=CC(/C=C/c3ccc(-n4c5ccccc5c5ccccc54)cc3)=CC2)cc1. The van der Waals surface area contributed by atoms with Gasteiger partial charge < -0.3 is 9.47 Å². The zero-order chi connectivity index (χ0) is 28.3. The van der Waals surface area contributed by atoms with Crippen molar-refractivity contribution >= 4 is 33.7 Å². The van der Waals surface area contributed by atoms with Crippen molar-refractivity contribution in [3.63, 3.8) is 0 Å². The summed E-state index contributed by atoms with van der Waals surface area (Å²) in [6.07, 6.45) is 10.9. The van der Waals surface area contributed by atoms with Crippen molar-refractivity contribution in [1.82, 2.24) is 9.47 Å². The van der Waals surface area contributed by atoms with E-state index < -0.39 is 0 Å². The van der Waals surface area contributed by atoms with E-state index in [9.17, 15) is 4.79 Å². The van der Waals surface area contributed by atoms with Crippen LogP contribution in [0.4, 0.5) is 0 Å². The van der Waals surface area contributed by atoms with Gasteiger partial charge in [0.05, 0.1) is 11.0 Å². The second-order valence-corrected chi connectivity index (χ2v) is 10.6. The molecule has 0 fully saturated rings. The lowest BCUT2D eigenvalue weighted by Crippen LogP contribution is -2.19. The molecule has 7 rings (SSSR count). The Kier molecular flexibility index (Phi) is 6.83. The minimum Gasteiger partial charge on any atom is -0.369 e. The molecule has 0 spiro atoms. The predicted molar refractivity (Wildman–Crippen MR) is 174 cm³/mol. The van der Waals surface area contributed by atoms with Crippen LogP contribution < -0.4 is 0 Å². The van der Waals surface area contributed by atoms with Gasteiger partial charge in [-0.2, -0.15) is 0 Å². The van der Waals surface area contributed by atoms with Crippen LogP contribution in [0.3, 0.4) is 0 Å². The van der Waals surface area contributed by atoms with E-state index >= 15 is 0 Å². The molecule has 0 saturated heterocycles. The molecule has 42 heavy (non-hydrogen) atoms. The number of benzene rings is 5. The number of allylic oxidation sites excluding steroid dienone is 3. The first kappa shape index (κ1) is 25.6. The van der Waals surface area contributed by atoms with E-state index in [1.807, 2.05) is 54.6 Å². The molecule has 202 valence electrons. The molecule has 5 aromatic carbocycles. The molecule has 0 bridgehead atoms. The van der Waals surface area contributed by atoms with Crippen molar-refractivity contribution in [1.29, 1.82) is 0 Å². The highest BCUT2D eigenvalue weighted by atomic mass is 16.1. The number of carbonyl (C=O) groups is 1. The van der Waals surface area contributed by atoms with E-state index in [-0.39, 0.29) is 5.78 Å². The Hall–Kier alpha value is -5.41. The maximum absolute atomic E-state index is 12.7. The van der Waals surface area contributed by atoms with Crippen molar-refractivity contribution in [2.24, 2.45) is 0 Å². The summed E-state index contributed by atoms with van der Waals surface area (Å²) in [7, 11) is 0. The first-order valence-electron chi connectivity index (χ1n) is 14.3. The number of fused-ring (bicyclic) bond motifs is 3. The molecule has 1 aliphatic rings. The summed E-state index contributed by atoms with van der Waals surface area (Å²) in [5.74, 6) is 0.0562. The van der Waals surface area contributed by atoms with Crippen LogP contribution >= 0.6 is 0 Å². The van der Waals surface area contributed by atoms with Crippen LogP contribution in [0, 0.1) is 0 Å². The van der Waals surface area contributed by atoms with Gasteiger partial charge in [0.15, 0.2) is 5.78 Å². The smallest absolute Gasteiger partial charge is 0.193 e. The van der Waals surface area contributed by atoms with E-state index in [0.717, 1.165) is 24.3 Å². The lowest BCUT2D eigenvalue weighted by Gasteiger charge is -2.22. The van der Waals surface area contributed by atoms with Crippen molar-refractivity contribution in [2.45, 2.75) is 6.54 Å². The first-order valence-corrected chi connectivity index (χ1v) is 14.3. The third-order valence-electron chi connectivity index (χ3n) is 7.88. The minimum absolute atomic E-state index is 0.0562. The van der Waals surface area contributed by atoms with Crippen molar-refractivity contribution in [3.05, 3.63) is 180 Å². The molecule has 3 nitrogen and oxygen atoms in total. The third kappa shape index (κ3) is 5.09. The van der Waals surface area contributed by atoms with Crippen LogP contribution in [0.2, 0.25) is 0 Å². The van der Waals surface area contributed by atoms with Gasteiger partial charge in [-0.3, -0.25) is 4.79 Å². The number of nitrogens with zero attached hydrogens (tertiary/aromatic N) is 2. The van der Waals surface area contributed by atoms with Crippen LogP contribution in [0.25, 0.3) is 33.6 Å². The first-order chi connectivity index (χ1) is 20.7. The van der Waals surface area contributed by atoms with E-state index in [4.69, 9.17) is 0 Å². The fourth-order valence-electron chi connectivity index (χ4n) is 5.66. The minimum atomic E-state index is 0.0562. The zero-order valence-electron chi connectivity index (χ0n) is 23.2. The van der Waals surface area contributed by atoms with Crippen LogP contribution in [-0.4, -0.2) is 21.8 Å². The number of rotatable bonds is 7. The second kappa shape index (κ2) is 11.2. The van der Waals surface area contributed by atoms with Gasteiger partial charge in [0.2, 0.25) is 0 Å². The van der Waals surface area contributed by atoms with E-state index in [1.165, 1.54) is 38.5 Å². The van der Waals surface area contributed by atoms with Crippen molar-refractivity contribution < 1.29 is 4.79 Å². The molecule has 1 aliphatic heterocycles. The topological polar surface area (TPSA) is 25.2 Å². The molecular weight excluding hydrogens is 512 g/mol. The normalized spacial score (nSPS) is 13.2. The quantitative estimate of drug-likeness (QED) is 0.188. The van der Waals surface area contributed by atoms with Gasteiger partial charge in [0.1, 0.15) is 0 Å². The van der Waals surface area contributed by atoms with Gasteiger partial charge >= 0.3 is 0 Å². The number of aromatic nitrogens is 1. The largest absolute Gasteiger partial charge is 0.369 e. The summed E-state index contributed by atoms with van der Waals surface area (Å²) in [6, 6.07) is 43.3. The predicted octanol–water partition coefficient (Wildman–Crippen LogP) is 8.98. The Labute approximate surface area is 246 Å². The number of para-hydroxylation sites is 2. The fourth-order valence-corrected chi connectivity index (χ4v) is 5.66. The average Bonchev–Trinajstić information content (AvgIpc) is 3.40. The van der Waals surface area contributed by atoms with Gasteiger partial charge in [-0.15, -0.1) is 0 Å². The summed E-state index contributed by atoms with van der Waals surface area (Å²) >= 11 is 0. The maximum Gasteiger partial charge on any atom is 0.193 e. The number of ketones is 1. The van der Waals surface area contributed by atoms with Crippen LogP contribution in [0.15, 0.2) is 157 Å². The van der Waals surface area contributed by atoms with Gasteiger partial charge in [0.25, 0.3) is 0 Å². The number of hydrogen-bond acceptors (Lipinski definition) is 2. The molecule has 0 aliphatic carbocycles. The Morgan fingerprint density at radius 2 is 1.26 bits per heavy atom. The Morgan fingerprint density at radius 1 is 0.643 bits per heavy atom. The second-order valence-electron chi connectivity index (χ2n) is 10.6. The highest BCUT2D eigenvalue weighted by molar-refractivity contribution is 6.09. The van der Waals surface area contributed by atoms with Crippen LogP contribution in [-0.2, 0) is 6.54 Å². The third-order valence-corrected chi connectivity index (χ3v) is 7.88. The summed E-state index contributed by atoms with van der Waals surface area (Å²) in [4.78, 5) is 14.9. The molecule has 3 heteroatoms. The Morgan fingerprint density at radius 3 is 1.90 bits per heavy atom. The average molecular weight is 543 g/mol. The lowest BCUT2D eigenvalue weighted by atomic mass is 10.0. The maximum atomic E-state index is 12.7. The summed E-state index contributed by atoms with van der Waals surface area (Å²) in [5.41, 5.74) is 8.59. The van der Waals surface area contributed by atoms with Gasteiger partial charge in [-0.1, -0.05) is 121 Å². The number of hydrogen-bond donors (Lipinski definition) is 0. The van der Waals surface area contributed by atoms with Crippen LogP contribution in [0.1, 0.15) is 27.0 Å². The molecule has 0 unspecified atom stereocenters. The molecule has 1 aromatic heterocycles. The summed E-state index contributed by atoms with van der Waals surface area (Å²) in [5, 5.41) is 2.55. The molecule has 0 saturated carbocycles. The summed E-state index contributed by atoms with van der Waals surface area (Å²) in [6.45, 7) is 1.64. The monoisotopic (exact) mass is 542 g/mol. The molecule has 0 amide bonds. The fraction of sp³-hybridized carbons (Fsp3) is 0.0513. The highest BCUT2D eigenvalue weighted by Gasteiger charge is 2.12. The van der Waals surface area contributed by atoms with Gasteiger partial charge in [-0.25, -0.2) is 0 Å². The molecule has 2 heterocycles. The van der Waals surface area contributed by atoms with Crippen LogP contribution in [0.5, 0.6) is 0 Å². The van der Waals surface area contributed by atoms with Crippen molar-refractivity contribution in [3.8, 4) is 5.69 Å². The highest BCUT2D eigenvalue weighted by Crippen LogP contribution is 2.31. The molecule has 0 atom stereocenters. The molecule has 0 N–H and O–H groups in total. The zero-order valence-corrected chi connectivity index (χ0v) is 23.2. The Bertz CT molecular complexity index is 1920. The molecular formula is C39H30N2O.